The highest BCUT2D eigenvalue weighted by Gasteiger charge is 2.32. The Bertz CT molecular complexity index is 1330. The minimum Gasteiger partial charge on any atom is -0.493 e. The number of ether oxygens (including phenoxy) is 2. The van der Waals surface area contributed by atoms with Crippen molar-refractivity contribution in [2.75, 3.05) is 19.5 Å². The first kappa shape index (κ1) is 20.4. The van der Waals surface area contributed by atoms with Gasteiger partial charge >= 0.3 is 0 Å². The Balaban J connectivity index is 1.71. The van der Waals surface area contributed by atoms with Crippen LogP contribution in [0.5, 0.6) is 11.5 Å². The maximum absolute atomic E-state index is 13.1. The molecule has 2 aromatic carbocycles. The summed E-state index contributed by atoms with van der Waals surface area (Å²) >= 11 is 12.5. The lowest BCUT2D eigenvalue weighted by Crippen LogP contribution is -2.15. The first-order valence-electron chi connectivity index (χ1n) is 9.54. The number of nitrogens with one attached hydrogen (secondary N) is 1. The first-order chi connectivity index (χ1) is 15.5. The van der Waals surface area contributed by atoms with Gasteiger partial charge in [0.1, 0.15) is 6.26 Å². The summed E-state index contributed by atoms with van der Waals surface area (Å²) in [5.41, 5.74) is 4.25. The summed E-state index contributed by atoms with van der Waals surface area (Å²) in [7, 11) is 3.16. The van der Waals surface area contributed by atoms with E-state index in [1.807, 2.05) is 12.1 Å². The number of amides is 1. The van der Waals surface area contributed by atoms with Crippen molar-refractivity contribution in [3.05, 3.63) is 69.5 Å². The number of nitrogens with zero attached hydrogens (tertiary/aromatic N) is 3. The molecule has 0 saturated carbocycles. The van der Waals surface area contributed by atoms with Crippen LogP contribution in [0.3, 0.4) is 0 Å². The average Bonchev–Trinajstić information content (AvgIpc) is 3.47. The van der Waals surface area contributed by atoms with Crippen LogP contribution in [-0.2, 0) is 6.42 Å². The van der Waals surface area contributed by atoms with Gasteiger partial charge in [-0.25, -0.2) is 4.68 Å². The van der Waals surface area contributed by atoms with Crippen molar-refractivity contribution in [2.24, 2.45) is 0 Å². The van der Waals surface area contributed by atoms with Crippen LogP contribution in [0.15, 0.2) is 47.2 Å². The number of carbonyl (C=O) groups is 1. The summed E-state index contributed by atoms with van der Waals surface area (Å²) in [5, 5.41) is 12.0. The van der Waals surface area contributed by atoms with E-state index in [-0.39, 0.29) is 5.69 Å². The summed E-state index contributed by atoms with van der Waals surface area (Å²) in [6, 6.07) is 10.4. The van der Waals surface area contributed by atoms with Crippen molar-refractivity contribution >= 4 is 34.9 Å². The van der Waals surface area contributed by atoms with Crippen molar-refractivity contribution in [3.8, 4) is 28.4 Å². The molecule has 0 unspecified atom stereocenters. The molecule has 1 aliphatic carbocycles. The molecule has 0 aliphatic heterocycles. The summed E-state index contributed by atoms with van der Waals surface area (Å²) in [4.78, 5) is 13.1. The van der Waals surface area contributed by atoms with Crippen LogP contribution in [0, 0.1) is 0 Å². The summed E-state index contributed by atoms with van der Waals surface area (Å²) in [6.07, 6.45) is 1.86. The topological polar surface area (TPSA) is 91.4 Å². The van der Waals surface area contributed by atoms with Crippen molar-refractivity contribution in [3.63, 3.8) is 0 Å². The minimum atomic E-state index is -0.409. The monoisotopic (exact) mass is 470 g/mol. The largest absolute Gasteiger partial charge is 0.493 e. The fourth-order valence-corrected chi connectivity index (χ4v) is 4.37. The third kappa shape index (κ3) is 3.37. The predicted molar refractivity (Wildman–Crippen MR) is 119 cm³/mol. The number of fused-ring (bicyclic) bond motifs is 3. The Hall–Kier alpha value is -3.49. The lowest BCUT2D eigenvalue weighted by atomic mass is 10.1. The molecular formula is C22H16Cl2N4O4. The van der Waals surface area contributed by atoms with Crippen molar-refractivity contribution in [1.82, 2.24) is 14.9 Å². The quantitative estimate of drug-likeness (QED) is 0.388. The van der Waals surface area contributed by atoms with E-state index >= 15 is 0 Å². The Kier molecular flexibility index (Phi) is 5.03. The molecule has 5 rings (SSSR count). The SMILES string of the molecule is COc1cc2c(cc1OC)-c1c(c(C(=O)Nc3ccon3)nn1-c1cc(Cl)cc(Cl)c1)C2. The van der Waals surface area contributed by atoms with Gasteiger partial charge in [-0.2, -0.15) is 5.10 Å². The third-order valence-corrected chi connectivity index (χ3v) is 5.64. The molecule has 2 heterocycles. The molecule has 1 aliphatic rings. The number of rotatable bonds is 5. The van der Waals surface area contributed by atoms with Gasteiger partial charge in [-0.3, -0.25) is 4.79 Å². The number of carbonyl (C=O) groups excluding carboxylic acids is 1. The summed E-state index contributed by atoms with van der Waals surface area (Å²) in [5.74, 6) is 1.07. The first-order valence-corrected chi connectivity index (χ1v) is 10.3. The number of anilines is 1. The van der Waals surface area contributed by atoms with Crippen molar-refractivity contribution in [1.29, 1.82) is 0 Å². The Labute approximate surface area is 192 Å². The second kappa shape index (κ2) is 7.89. The highest BCUT2D eigenvalue weighted by Crippen LogP contribution is 2.45. The molecule has 1 N–H and O–H groups in total. The average molecular weight is 471 g/mol. The lowest BCUT2D eigenvalue weighted by Gasteiger charge is -2.12. The van der Waals surface area contributed by atoms with Gasteiger partial charge in [0.15, 0.2) is 23.0 Å². The van der Waals surface area contributed by atoms with Crippen molar-refractivity contribution in [2.45, 2.75) is 6.42 Å². The van der Waals surface area contributed by atoms with Gasteiger partial charge in [0.25, 0.3) is 5.91 Å². The number of hydrogen-bond acceptors (Lipinski definition) is 6. The van der Waals surface area contributed by atoms with Gasteiger partial charge in [-0.1, -0.05) is 28.4 Å². The fourth-order valence-electron chi connectivity index (χ4n) is 3.86. The van der Waals surface area contributed by atoms with E-state index in [0.29, 0.717) is 39.5 Å². The van der Waals surface area contributed by atoms with Gasteiger partial charge in [0.2, 0.25) is 0 Å². The molecule has 162 valence electrons. The van der Waals surface area contributed by atoms with Gasteiger partial charge in [-0.05, 0) is 35.9 Å². The molecule has 0 atom stereocenters. The Morgan fingerprint density at radius 1 is 1.09 bits per heavy atom. The zero-order chi connectivity index (χ0) is 22.4. The number of hydrogen-bond donors (Lipinski definition) is 1. The van der Waals surface area contributed by atoms with E-state index in [2.05, 4.69) is 15.6 Å². The molecule has 4 aromatic rings. The minimum absolute atomic E-state index is 0.258. The van der Waals surface area contributed by atoms with Crippen LogP contribution in [-0.4, -0.2) is 35.1 Å². The van der Waals surface area contributed by atoms with Crippen molar-refractivity contribution < 1.29 is 18.8 Å². The molecular weight excluding hydrogens is 455 g/mol. The fraction of sp³-hybridized carbons (Fsp3) is 0.136. The molecule has 1 amide bonds. The third-order valence-electron chi connectivity index (χ3n) is 5.20. The number of methoxy groups -OCH3 is 2. The number of aromatic nitrogens is 3. The van der Waals surface area contributed by atoms with Gasteiger partial charge in [0.05, 0.1) is 25.6 Å². The summed E-state index contributed by atoms with van der Waals surface area (Å²) < 4.78 is 17.4. The van der Waals surface area contributed by atoms with Gasteiger partial charge in [-0.15, -0.1) is 0 Å². The summed E-state index contributed by atoms with van der Waals surface area (Å²) in [6.45, 7) is 0. The maximum atomic E-state index is 13.1. The molecule has 0 radical (unpaired) electrons. The molecule has 0 bridgehead atoms. The van der Waals surface area contributed by atoms with Crippen LogP contribution in [0.2, 0.25) is 10.0 Å². The van der Waals surface area contributed by atoms with Crippen LogP contribution in [0.4, 0.5) is 5.82 Å². The lowest BCUT2D eigenvalue weighted by molar-refractivity contribution is 0.102. The van der Waals surface area contributed by atoms with Crippen LogP contribution >= 0.6 is 23.2 Å². The second-order valence-electron chi connectivity index (χ2n) is 7.10. The van der Waals surface area contributed by atoms with E-state index in [9.17, 15) is 4.79 Å². The van der Waals surface area contributed by atoms with E-state index < -0.39 is 5.91 Å². The van der Waals surface area contributed by atoms with E-state index in [4.69, 9.17) is 37.2 Å². The number of halogens is 2. The maximum Gasteiger partial charge on any atom is 0.277 e. The smallest absolute Gasteiger partial charge is 0.277 e. The Morgan fingerprint density at radius 3 is 2.47 bits per heavy atom. The molecule has 2 aromatic heterocycles. The number of benzene rings is 2. The zero-order valence-electron chi connectivity index (χ0n) is 17.0. The molecule has 32 heavy (non-hydrogen) atoms. The van der Waals surface area contributed by atoms with Crippen LogP contribution in [0.25, 0.3) is 16.9 Å². The van der Waals surface area contributed by atoms with Crippen LogP contribution in [0.1, 0.15) is 21.6 Å². The van der Waals surface area contributed by atoms with Gasteiger partial charge < -0.3 is 19.3 Å². The van der Waals surface area contributed by atoms with Crippen LogP contribution < -0.4 is 14.8 Å². The normalized spacial score (nSPS) is 11.8. The zero-order valence-corrected chi connectivity index (χ0v) is 18.5. The second-order valence-corrected chi connectivity index (χ2v) is 7.97. The molecule has 0 fully saturated rings. The van der Waals surface area contributed by atoms with E-state index in [1.165, 1.54) is 6.26 Å². The van der Waals surface area contributed by atoms with E-state index in [1.54, 1.807) is 43.2 Å². The molecule has 0 spiro atoms. The van der Waals surface area contributed by atoms with E-state index in [0.717, 1.165) is 22.4 Å². The Morgan fingerprint density at radius 2 is 1.81 bits per heavy atom. The molecule has 8 nitrogen and oxygen atoms in total. The highest BCUT2D eigenvalue weighted by molar-refractivity contribution is 6.34. The predicted octanol–water partition coefficient (Wildman–Crippen LogP) is 5.01. The molecule has 0 saturated heterocycles. The van der Waals surface area contributed by atoms with Gasteiger partial charge in [0, 0.05) is 33.7 Å². The molecule has 10 heteroatoms. The standard InChI is InChI=1S/C22H16Cl2N4O4/c1-30-17-6-11-5-16-20(22(29)25-19-3-4-32-27-19)26-28(14-8-12(23)7-13(24)9-14)21(16)15(11)10-18(17)31-2/h3-4,6-10H,5H2,1-2H3,(H,25,27,29). The highest BCUT2D eigenvalue weighted by atomic mass is 35.5.